The van der Waals surface area contributed by atoms with Gasteiger partial charge < -0.3 is 19.3 Å². The first-order valence-corrected chi connectivity index (χ1v) is 7.05. The van der Waals surface area contributed by atoms with E-state index in [1.165, 1.54) is 20.3 Å². The highest BCUT2D eigenvalue weighted by molar-refractivity contribution is 6.31. The molecule has 0 amide bonds. The lowest BCUT2D eigenvalue weighted by Gasteiger charge is -2.12. The molecule has 1 heterocycles. The summed E-state index contributed by atoms with van der Waals surface area (Å²) in [7, 11) is 2.92. The minimum absolute atomic E-state index is 0.0139. The lowest BCUT2D eigenvalue weighted by molar-refractivity contribution is -0.136. The maximum atomic E-state index is 10.8. The van der Waals surface area contributed by atoms with Gasteiger partial charge in [-0.05, 0) is 18.6 Å². The topological polar surface area (TPSA) is 90.8 Å². The summed E-state index contributed by atoms with van der Waals surface area (Å²) in [5.41, 5.74) is 0.571. The largest absolute Gasteiger partial charge is 0.481 e. The van der Waals surface area contributed by atoms with Gasteiger partial charge in [-0.2, -0.15) is 9.97 Å². The molecule has 0 spiro atoms. The number of rotatable bonds is 7. The van der Waals surface area contributed by atoms with Gasteiger partial charge in [-0.3, -0.25) is 4.79 Å². The van der Waals surface area contributed by atoms with Crippen molar-refractivity contribution in [1.82, 2.24) is 9.97 Å². The van der Waals surface area contributed by atoms with Crippen LogP contribution in [-0.2, 0) is 11.2 Å². The van der Waals surface area contributed by atoms with Crippen LogP contribution in [0.5, 0.6) is 23.5 Å². The Morgan fingerprint density at radius 2 is 1.87 bits per heavy atom. The predicted octanol–water partition coefficient (Wildman–Crippen LogP) is 2.96. The third-order valence-electron chi connectivity index (χ3n) is 2.94. The van der Waals surface area contributed by atoms with Crippen LogP contribution in [0.3, 0.4) is 0 Å². The highest BCUT2D eigenvalue weighted by atomic mass is 35.5. The van der Waals surface area contributed by atoms with E-state index in [0.717, 1.165) is 0 Å². The van der Waals surface area contributed by atoms with E-state index in [-0.39, 0.29) is 30.6 Å². The number of nitrogens with zero attached hydrogens (tertiary/aromatic N) is 2. The van der Waals surface area contributed by atoms with Gasteiger partial charge in [-0.15, -0.1) is 0 Å². The predicted molar refractivity (Wildman–Crippen MR) is 82.6 cm³/mol. The summed E-state index contributed by atoms with van der Waals surface area (Å²) in [6.07, 6.45) is 0.161. The first-order valence-electron chi connectivity index (χ1n) is 6.67. The Kier molecular flexibility index (Phi) is 5.59. The Balaban J connectivity index is 2.32. The molecule has 23 heavy (non-hydrogen) atoms. The van der Waals surface area contributed by atoms with Crippen LogP contribution in [0.1, 0.15) is 12.0 Å². The number of hydrogen-bond acceptors (Lipinski definition) is 6. The first kappa shape index (κ1) is 16.8. The smallest absolute Gasteiger partial charge is 0.328 e. The molecule has 1 aromatic heterocycles. The molecule has 122 valence electrons. The molecule has 0 bridgehead atoms. The van der Waals surface area contributed by atoms with Gasteiger partial charge in [-0.25, -0.2) is 0 Å². The normalized spacial score (nSPS) is 10.2. The van der Waals surface area contributed by atoms with Gasteiger partial charge in [0, 0.05) is 17.0 Å². The van der Waals surface area contributed by atoms with Gasteiger partial charge in [0.15, 0.2) is 0 Å². The van der Waals surface area contributed by atoms with E-state index >= 15 is 0 Å². The van der Waals surface area contributed by atoms with Crippen LogP contribution < -0.4 is 14.2 Å². The maximum Gasteiger partial charge on any atom is 0.328 e. The number of aliphatic carboxylic acids is 1. The average Bonchev–Trinajstić information content (AvgIpc) is 2.53. The van der Waals surface area contributed by atoms with Crippen LogP contribution >= 0.6 is 11.6 Å². The molecule has 7 nitrogen and oxygen atoms in total. The van der Waals surface area contributed by atoms with E-state index < -0.39 is 5.97 Å². The molecule has 0 aliphatic heterocycles. The molecule has 0 unspecified atom stereocenters. The molecule has 0 saturated heterocycles. The van der Waals surface area contributed by atoms with Crippen molar-refractivity contribution < 1.29 is 24.1 Å². The Morgan fingerprint density at radius 3 is 2.43 bits per heavy atom. The van der Waals surface area contributed by atoms with Crippen molar-refractivity contribution in [3.05, 3.63) is 34.9 Å². The maximum absolute atomic E-state index is 10.8. The zero-order valence-corrected chi connectivity index (χ0v) is 13.3. The van der Waals surface area contributed by atoms with E-state index in [2.05, 4.69) is 9.97 Å². The average molecular weight is 339 g/mol. The van der Waals surface area contributed by atoms with Crippen LogP contribution in [0.25, 0.3) is 0 Å². The molecule has 2 rings (SSSR count). The van der Waals surface area contributed by atoms with Crippen molar-refractivity contribution in [2.75, 3.05) is 14.2 Å². The number of benzene rings is 1. The van der Waals surface area contributed by atoms with Crippen molar-refractivity contribution in [3.63, 3.8) is 0 Å². The van der Waals surface area contributed by atoms with Gasteiger partial charge >= 0.3 is 12.0 Å². The minimum atomic E-state index is -0.921. The number of ether oxygens (including phenoxy) is 3. The molecule has 0 fully saturated rings. The molecular weight excluding hydrogens is 324 g/mol. The zero-order valence-electron chi connectivity index (χ0n) is 12.6. The molecule has 0 saturated carbocycles. The van der Waals surface area contributed by atoms with E-state index in [1.54, 1.807) is 18.2 Å². The molecule has 0 aliphatic carbocycles. The van der Waals surface area contributed by atoms with E-state index in [0.29, 0.717) is 16.3 Å². The van der Waals surface area contributed by atoms with Crippen LogP contribution in [0.4, 0.5) is 0 Å². The molecule has 8 heteroatoms. The van der Waals surface area contributed by atoms with Crippen LogP contribution in [0.2, 0.25) is 5.02 Å². The summed E-state index contributed by atoms with van der Waals surface area (Å²) in [4.78, 5) is 18.9. The number of aromatic nitrogens is 2. The number of carboxylic acid groups (broad SMARTS) is 1. The highest BCUT2D eigenvalue weighted by Crippen LogP contribution is 2.31. The first-order chi connectivity index (χ1) is 11.0. The number of methoxy groups -OCH3 is 2. The molecular formula is C15H15ClN2O5. The fourth-order valence-electron chi connectivity index (χ4n) is 1.85. The lowest BCUT2D eigenvalue weighted by atomic mass is 10.1. The van der Waals surface area contributed by atoms with Crippen molar-refractivity contribution in [2.45, 2.75) is 12.8 Å². The number of hydrogen-bond donors (Lipinski definition) is 1. The van der Waals surface area contributed by atoms with Gasteiger partial charge in [0.1, 0.15) is 5.75 Å². The summed E-state index contributed by atoms with van der Waals surface area (Å²) in [5.74, 6) is 0.0196. The van der Waals surface area contributed by atoms with Crippen LogP contribution in [0.15, 0.2) is 24.3 Å². The monoisotopic (exact) mass is 338 g/mol. The summed E-state index contributed by atoms with van der Waals surface area (Å²) in [6.45, 7) is 0. The van der Waals surface area contributed by atoms with Gasteiger partial charge in [0.25, 0.3) is 0 Å². The Bertz CT molecular complexity index is 686. The van der Waals surface area contributed by atoms with Crippen molar-refractivity contribution in [2.24, 2.45) is 0 Å². The molecule has 1 aromatic carbocycles. The second-order valence-electron chi connectivity index (χ2n) is 4.45. The summed E-state index contributed by atoms with van der Waals surface area (Å²) in [5, 5.41) is 9.26. The van der Waals surface area contributed by atoms with Crippen molar-refractivity contribution in [3.8, 4) is 23.5 Å². The fourth-order valence-corrected chi connectivity index (χ4v) is 2.11. The molecule has 2 aromatic rings. The highest BCUT2D eigenvalue weighted by Gasteiger charge is 2.14. The van der Waals surface area contributed by atoms with Crippen molar-refractivity contribution >= 4 is 17.6 Å². The standard InChI is InChI=1S/C15H15ClN2O5/c1-21-12-8-13(22-2)18-15(17-12)23-11-5-3-4-10(16)9(11)6-7-14(19)20/h3-5,8H,6-7H2,1-2H3,(H,19,20). The van der Waals surface area contributed by atoms with Gasteiger partial charge in [0.2, 0.25) is 11.8 Å². The Labute approximate surface area is 137 Å². The number of halogens is 1. The minimum Gasteiger partial charge on any atom is -0.481 e. The third kappa shape index (κ3) is 4.46. The second-order valence-corrected chi connectivity index (χ2v) is 4.85. The summed E-state index contributed by atoms with van der Waals surface area (Å²) < 4.78 is 15.8. The SMILES string of the molecule is COc1cc(OC)nc(Oc2cccc(Cl)c2CCC(=O)O)n1. The Morgan fingerprint density at radius 1 is 1.22 bits per heavy atom. The second kappa shape index (κ2) is 7.64. The summed E-state index contributed by atoms with van der Waals surface area (Å²) >= 11 is 6.13. The van der Waals surface area contributed by atoms with Crippen LogP contribution in [-0.4, -0.2) is 35.3 Å². The van der Waals surface area contributed by atoms with E-state index in [1.807, 2.05) is 0 Å². The summed E-state index contributed by atoms with van der Waals surface area (Å²) in [6, 6.07) is 6.55. The van der Waals surface area contributed by atoms with E-state index in [4.69, 9.17) is 30.9 Å². The van der Waals surface area contributed by atoms with Crippen LogP contribution in [0, 0.1) is 0 Å². The number of carbonyl (C=O) groups is 1. The Hall–Kier alpha value is -2.54. The number of carboxylic acids is 1. The van der Waals surface area contributed by atoms with E-state index in [9.17, 15) is 4.79 Å². The quantitative estimate of drug-likeness (QED) is 0.829. The third-order valence-corrected chi connectivity index (χ3v) is 3.30. The molecule has 0 aliphatic rings. The lowest BCUT2D eigenvalue weighted by Crippen LogP contribution is -2.02. The van der Waals surface area contributed by atoms with Gasteiger partial charge in [-0.1, -0.05) is 17.7 Å². The molecule has 0 radical (unpaired) electrons. The molecule has 0 atom stereocenters. The molecule has 1 N–H and O–H groups in total. The zero-order chi connectivity index (χ0) is 16.8. The van der Waals surface area contributed by atoms with Gasteiger partial charge in [0.05, 0.1) is 20.3 Å². The fraction of sp³-hybridized carbons (Fsp3) is 0.267. The van der Waals surface area contributed by atoms with Crippen molar-refractivity contribution in [1.29, 1.82) is 0 Å².